The zero-order chi connectivity index (χ0) is 19.7. The molecule has 0 radical (unpaired) electrons. The number of ketones is 2. The average Bonchev–Trinajstić information content (AvgIpc) is 2.94. The number of hydrogen-bond donors (Lipinski definition) is 0. The summed E-state index contributed by atoms with van der Waals surface area (Å²) in [6.07, 6.45) is -4.69. The Labute approximate surface area is 146 Å². The lowest BCUT2D eigenvalue weighted by atomic mass is 9.81. The van der Waals surface area contributed by atoms with Crippen molar-refractivity contribution in [2.24, 2.45) is 5.41 Å². The van der Waals surface area contributed by atoms with Crippen LogP contribution in [0.4, 0.5) is 17.6 Å². The van der Waals surface area contributed by atoms with E-state index in [1.165, 1.54) is 13.0 Å². The Hall–Kier alpha value is -2.58. The highest BCUT2D eigenvalue weighted by molar-refractivity contribution is 5.97. The molecule has 140 valence electrons. The highest BCUT2D eigenvalue weighted by Gasteiger charge is 2.38. The van der Waals surface area contributed by atoms with Crippen molar-refractivity contribution in [1.82, 2.24) is 10.1 Å². The van der Waals surface area contributed by atoms with Gasteiger partial charge in [0.25, 0.3) is 0 Å². The molecule has 1 heterocycles. The maximum absolute atomic E-state index is 14.3. The lowest BCUT2D eigenvalue weighted by Gasteiger charge is -2.22. The Morgan fingerprint density at radius 1 is 1.15 bits per heavy atom. The molecule has 0 aliphatic carbocycles. The number of hydrogen-bond acceptors (Lipinski definition) is 5. The van der Waals surface area contributed by atoms with Gasteiger partial charge in [0, 0.05) is 18.4 Å². The van der Waals surface area contributed by atoms with E-state index >= 15 is 0 Å². The Kier molecular flexibility index (Phi) is 5.29. The average molecular weight is 372 g/mol. The van der Waals surface area contributed by atoms with Gasteiger partial charge < -0.3 is 9.32 Å². The molecule has 9 heteroatoms. The first-order valence-electron chi connectivity index (χ1n) is 7.62. The molecule has 0 spiro atoms. The predicted molar refractivity (Wildman–Crippen MR) is 82.7 cm³/mol. The number of Topliss-reactive ketones (excluding diaryl/α,β-unsaturated/α-hetero) is 2. The van der Waals surface area contributed by atoms with Gasteiger partial charge in [-0.05, 0) is 24.5 Å². The van der Waals surface area contributed by atoms with E-state index in [0.29, 0.717) is 0 Å². The fraction of sp³-hybridized carbons (Fsp3) is 0.412. The van der Waals surface area contributed by atoms with Gasteiger partial charge in [0.1, 0.15) is 11.6 Å². The minimum atomic E-state index is -4.80. The monoisotopic (exact) mass is 372 g/mol. The van der Waals surface area contributed by atoms with Gasteiger partial charge in [-0.3, -0.25) is 4.79 Å². The summed E-state index contributed by atoms with van der Waals surface area (Å²) >= 11 is 0. The quantitative estimate of drug-likeness (QED) is 0.552. The van der Waals surface area contributed by atoms with Crippen molar-refractivity contribution >= 4 is 11.6 Å². The van der Waals surface area contributed by atoms with Crippen LogP contribution in [0.5, 0.6) is 0 Å². The topological polar surface area (TPSA) is 73.1 Å². The van der Waals surface area contributed by atoms with Crippen molar-refractivity contribution < 1.29 is 31.7 Å². The third kappa shape index (κ3) is 4.74. The van der Waals surface area contributed by atoms with E-state index < -0.39 is 34.9 Å². The molecular weight excluding hydrogens is 356 g/mol. The third-order valence-corrected chi connectivity index (χ3v) is 3.56. The second-order valence-electron chi connectivity index (χ2n) is 6.76. The molecule has 2 aromatic rings. The molecule has 26 heavy (non-hydrogen) atoms. The molecule has 0 aliphatic rings. The fourth-order valence-electron chi connectivity index (χ4n) is 2.60. The second kappa shape index (κ2) is 6.97. The molecule has 0 atom stereocenters. The predicted octanol–water partition coefficient (Wildman–Crippen LogP) is 4.47. The molecule has 0 amide bonds. The summed E-state index contributed by atoms with van der Waals surface area (Å²) in [6.45, 7) is 4.84. The van der Waals surface area contributed by atoms with Crippen molar-refractivity contribution in [2.45, 2.75) is 39.8 Å². The van der Waals surface area contributed by atoms with Crippen LogP contribution in [0, 0.1) is 11.2 Å². The van der Waals surface area contributed by atoms with Gasteiger partial charge in [0.15, 0.2) is 5.78 Å². The van der Waals surface area contributed by atoms with Crippen LogP contribution in [0.2, 0.25) is 0 Å². The molecule has 0 bridgehead atoms. The number of halogens is 4. The largest absolute Gasteiger partial charge is 0.471 e. The van der Waals surface area contributed by atoms with Gasteiger partial charge in [-0.1, -0.05) is 25.1 Å². The maximum atomic E-state index is 14.3. The number of alkyl halides is 3. The van der Waals surface area contributed by atoms with E-state index in [2.05, 4.69) is 14.7 Å². The van der Waals surface area contributed by atoms with E-state index in [9.17, 15) is 27.2 Å². The molecule has 1 aromatic heterocycles. The molecule has 0 saturated carbocycles. The van der Waals surface area contributed by atoms with Gasteiger partial charge in [-0.25, -0.2) is 4.39 Å². The summed E-state index contributed by atoms with van der Waals surface area (Å²) in [5.41, 5.74) is -0.908. The molecule has 2 rings (SSSR count). The van der Waals surface area contributed by atoms with Gasteiger partial charge in [-0.2, -0.15) is 18.2 Å². The lowest BCUT2D eigenvalue weighted by molar-refractivity contribution is -0.159. The summed E-state index contributed by atoms with van der Waals surface area (Å²) in [6, 6.07) is 3.26. The highest BCUT2D eigenvalue weighted by Crippen LogP contribution is 2.31. The van der Waals surface area contributed by atoms with Crippen LogP contribution < -0.4 is 0 Å². The summed E-state index contributed by atoms with van der Waals surface area (Å²) in [4.78, 5) is 26.7. The standard InChI is InChI=1S/C17H16F4N2O3/c1-9(24)7-16(2,3)8-13(25)11-5-4-10(6-12(11)18)14-22-15(26-23-14)17(19,20)21/h4-6H,7-8H2,1-3H3. The Balaban J connectivity index is 2.23. The number of aromatic nitrogens is 2. The second-order valence-corrected chi connectivity index (χ2v) is 6.76. The smallest absolute Gasteiger partial charge is 0.329 e. The Bertz CT molecular complexity index is 841. The van der Waals surface area contributed by atoms with Crippen LogP contribution in [0.3, 0.4) is 0 Å². The first-order valence-corrected chi connectivity index (χ1v) is 7.62. The van der Waals surface area contributed by atoms with Gasteiger partial charge in [-0.15, -0.1) is 0 Å². The van der Waals surface area contributed by atoms with E-state index in [0.717, 1.165) is 12.1 Å². The molecule has 0 unspecified atom stereocenters. The number of rotatable bonds is 6. The van der Waals surface area contributed by atoms with Crippen LogP contribution in [0.25, 0.3) is 11.4 Å². The molecule has 0 saturated heterocycles. The van der Waals surface area contributed by atoms with Crippen LogP contribution >= 0.6 is 0 Å². The zero-order valence-electron chi connectivity index (χ0n) is 14.3. The van der Waals surface area contributed by atoms with Gasteiger partial charge >= 0.3 is 12.1 Å². The summed E-state index contributed by atoms with van der Waals surface area (Å²) in [5, 5.41) is 3.17. The molecule has 0 aliphatic heterocycles. The maximum Gasteiger partial charge on any atom is 0.471 e. The zero-order valence-corrected chi connectivity index (χ0v) is 14.3. The summed E-state index contributed by atoms with van der Waals surface area (Å²) in [7, 11) is 0. The van der Waals surface area contributed by atoms with E-state index in [1.807, 2.05) is 0 Å². The normalized spacial score (nSPS) is 12.3. The van der Waals surface area contributed by atoms with Crippen LogP contribution in [0.15, 0.2) is 22.7 Å². The van der Waals surface area contributed by atoms with Crippen LogP contribution in [0.1, 0.15) is 49.9 Å². The number of nitrogens with zero attached hydrogens (tertiary/aromatic N) is 2. The molecular formula is C17H16F4N2O3. The van der Waals surface area contributed by atoms with Gasteiger partial charge in [0.05, 0.1) is 5.56 Å². The number of benzene rings is 1. The van der Waals surface area contributed by atoms with Crippen LogP contribution in [-0.4, -0.2) is 21.7 Å². The highest BCUT2D eigenvalue weighted by atomic mass is 19.4. The first kappa shape index (κ1) is 19.7. The first-order chi connectivity index (χ1) is 11.9. The lowest BCUT2D eigenvalue weighted by Crippen LogP contribution is -2.20. The molecule has 1 aromatic carbocycles. The molecule has 0 fully saturated rings. The van der Waals surface area contributed by atoms with Crippen molar-refractivity contribution in [3.8, 4) is 11.4 Å². The van der Waals surface area contributed by atoms with Crippen molar-refractivity contribution in [2.75, 3.05) is 0 Å². The van der Waals surface area contributed by atoms with E-state index in [1.54, 1.807) is 13.8 Å². The van der Waals surface area contributed by atoms with Crippen molar-refractivity contribution in [3.05, 3.63) is 35.5 Å². The fourth-order valence-corrected chi connectivity index (χ4v) is 2.60. The summed E-state index contributed by atoms with van der Waals surface area (Å²) in [5.74, 6) is -3.49. The third-order valence-electron chi connectivity index (χ3n) is 3.56. The molecule has 0 N–H and O–H groups in total. The number of carbonyl (C=O) groups is 2. The van der Waals surface area contributed by atoms with Crippen molar-refractivity contribution in [1.29, 1.82) is 0 Å². The van der Waals surface area contributed by atoms with E-state index in [4.69, 9.17) is 0 Å². The van der Waals surface area contributed by atoms with Gasteiger partial charge in [0.2, 0.25) is 5.82 Å². The summed E-state index contributed by atoms with van der Waals surface area (Å²) < 4.78 is 55.8. The van der Waals surface area contributed by atoms with Crippen molar-refractivity contribution in [3.63, 3.8) is 0 Å². The Morgan fingerprint density at radius 3 is 2.31 bits per heavy atom. The Morgan fingerprint density at radius 2 is 1.81 bits per heavy atom. The minimum absolute atomic E-state index is 0.0523. The molecule has 5 nitrogen and oxygen atoms in total. The van der Waals surface area contributed by atoms with Crippen LogP contribution in [-0.2, 0) is 11.0 Å². The minimum Gasteiger partial charge on any atom is -0.329 e. The van der Waals surface area contributed by atoms with E-state index in [-0.39, 0.29) is 29.8 Å². The number of carbonyl (C=O) groups excluding carboxylic acids is 2. The SMILES string of the molecule is CC(=O)CC(C)(C)CC(=O)c1ccc(-c2noc(C(F)(F)F)n2)cc1F.